The molecule has 0 bridgehead atoms. The van der Waals surface area contributed by atoms with Gasteiger partial charge in [-0.25, -0.2) is 0 Å². The molecule has 0 unspecified atom stereocenters. The molecule has 0 aromatic heterocycles. The van der Waals surface area contributed by atoms with Crippen LogP contribution in [-0.4, -0.2) is 29.0 Å². The summed E-state index contributed by atoms with van der Waals surface area (Å²) >= 11 is 0. The van der Waals surface area contributed by atoms with Crippen LogP contribution < -0.4 is 5.32 Å². The van der Waals surface area contributed by atoms with E-state index in [0.717, 1.165) is 0 Å². The quantitative estimate of drug-likeness (QED) is 0.379. The SMILES string of the molecule is CC(CO)(CO)NCc1c2ccccc2cc2c1ccc1ccccc12. The van der Waals surface area contributed by atoms with Crippen molar-refractivity contribution in [2.75, 3.05) is 13.2 Å². The van der Waals surface area contributed by atoms with Crippen molar-refractivity contribution in [1.82, 2.24) is 5.32 Å². The lowest BCUT2D eigenvalue weighted by molar-refractivity contribution is 0.103. The molecule has 3 N–H and O–H groups in total. The van der Waals surface area contributed by atoms with E-state index in [2.05, 4.69) is 72.0 Å². The maximum Gasteiger partial charge on any atom is 0.0633 e. The van der Waals surface area contributed by atoms with Gasteiger partial charge in [0.2, 0.25) is 0 Å². The molecule has 0 radical (unpaired) electrons. The molecule has 3 nitrogen and oxygen atoms in total. The molecule has 0 fully saturated rings. The standard InChI is InChI=1S/C23H23NO2/c1-23(14-25,15-26)24-13-22-19-9-5-3-7-17(19)12-21-18-8-4-2-6-16(18)10-11-20(21)22/h2-12,24-26H,13-15H2,1H3. The minimum Gasteiger partial charge on any atom is -0.394 e. The lowest BCUT2D eigenvalue weighted by atomic mass is 9.92. The molecule has 0 saturated carbocycles. The molecule has 0 aliphatic rings. The molecule has 0 aliphatic carbocycles. The van der Waals surface area contributed by atoms with Gasteiger partial charge in [0.05, 0.1) is 18.8 Å². The Bertz CT molecular complexity index is 1080. The van der Waals surface area contributed by atoms with Crippen molar-refractivity contribution in [1.29, 1.82) is 0 Å². The van der Waals surface area contributed by atoms with Crippen molar-refractivity contribution in [2.24, 2.45) is 0 Å². The molecule has 0 amide bonds. The van der Waals surface area contributed by atoms with Crippen LogP contribution in [0, 0.1) is 0 Å². The first kappa shape index (κ1) is 17.0. The van der Waals surface area contributed by atoms with E-state index in [-0.39, 0.29) is 13.2 Å². The number of nitrogens with one attached hydrogen (secondary N) is 1. The fourth-order valence-electron chi connectivity index (χ4n) is 3.57. The van der Waals surface area contributed by atoms with E-state index >= 15 is 0 Å². The summed E-state index contributed by atoms with van der Waals surface area (Å²) in [6.07, 6.45) is 0. The fourth-order valence-corrected chi connectivity index (χ4v) is 3.57. The van der Waals surface area contributed by atoms with Crippen LogP contribution in [-0.2, 0) is 6.54 Å². The van der Waals surface area contributed by atoms with Crippen molar-refractivity contribution in [3.63, 3.8) is 0 Å². The van der Waals surface area contributed by atoms with Crippen LogP contribution in [0.25, 0.3) is 32.3 Å². The van der Waals surface area contributed by atoms with Gasteiger partial charge < -0.3 is 15.5 Å². The van der Waals surface area contributed by atoms with Gasteiger partial charge in [0.15, 0.2) is 0 Å². The molecule has 3 heteroatoms. The zero-order valence-electron chi connectivity index (χ0n) is 14.9. The molecule has 0 aliphatic heterocycles. The Balaban J connectivity index is 1.97. The average Bonchev–Trinajstić information content (AvgIpc) is 2.70. The summed E-state index contributed by atoms with van der Waals surface area (Å²) in [4.78, 5) is 0. The van der Waals surface area contributed by atoms with Gasteiger partial charge in [0, 0.05) is 6.54 Å². The Morgan fingerprint density at radius 1 is 0.731 bits per heavy atom. The minimum absolute atomic E-state index is 0.116. The van der Waals surface area contributed by atoms with Gasteiger partial charge in [-0.05, 0) is 50.9 Å². The molecule has 4 rings (SSSR count). The number of hydrogen-bond acceptors (Lipinski definition) is 3. The molecule has 0 saturated heterocycles. The molecule has 0 heterocycles. The Kier molecular flexibility index (Phi) is 4.37. The van der Waals surface area contributed by atoms with Crippen molar-refractivity contribution in [3.05, 3.63) is 72.3 Å². The molecule has 26 heavy (non-hydrogen) atoms. The molecule has 0 spiro atoms. The molecule has 132 valence electrons. The number of hydrogen-bond donors (Lipinski definition) is 3. The molecule has 4 aromatic rings. The van der Waals surface area contributed by atoms with Crippen LogP contribution in [0.1, 0.15) is 12.5 Å². The zero-order valence-corrected chi connectivity index (χ0v) is 14.9. The third-order valence-electron chi connectivity index (χ3n) is 5.27. The van der Waals surface area contributed by atoms with E-state index in [1.54, 1.807) is 0 Å². The summed E-state index contributed by atoms with van der Waals surface area (Å²) in [6, 6.07) is 23.4. The van der Waals surface area contributed by atoms with E-state index in [9.17, 15) is 10.2 Å². The highest BCUT2D eigenvalue weighted by molar-refractivity contribution is 6.14. The second-order valence-electron chi connectivity index (χ2n) is 7.19. The number of benzene rings is 4. The van der Waals surface area contributed by atoms with Crippen LogP contribution in [0.3, 0.4) is 0 Å². The Morgan fingerprint density at radius 2 is 1.38 bits per heavy atom. The van der Waals surface area contributed by atoms with Gasteiger partial charge in [-0.2, -0.15) is 0 Å². The maximum atomic E-state index is 9.61. The van der Waals surface area contributed by atoms with Gasteiger partial charge in [-0.15, -0.1) is 0 Å². The third kappa shape index (κ3) is 2.84. The monoisotopic (exact) mass is 345 g/mol. The number of fused-ring (bicyclic) bond motifs is 4. The van der Waals surface area contributed by atoms with Crippen LogP contribution in [0.15, 0.2) is 66.7 Å². The summed E-state index contributed by atoms with van der Waals surface area (Å²) in [6.45, 7) is 2.17. The highest BCUT2D eigenvalue weighted by Crippen LogP contribution is 2.33. The summed E-state index contributed by atoms with van der Waals surface area (Å²) in [5.41, 5.74) is 0.483. The van der Waals surface area contributed by atoms with E-state index in [1.165, 1.54) is 37.9 Å². The second kappa shape index (κ2) is 6.69. The van der Waals surface area contributed by atoms with E-state index in [1.807, 2.05) is 6.92 Å². The van der Waals surface area contributed by atoms with Crippen molar-refractivity contribution < 1.29 is 10.2 Å². The summed E-state index contributed by atoms with van der Waals surface area (Å²) in [7, 11) is 0. The first-order chi connectivity index (χ1) is 12.6. The Hall–Kier alpha value is -2.46. The van der Waals surface area contributed by atoms with E-state index < -0.39 is 5.54 Å². The number of aliphatic hydroxyl groups excluding tert-OH is 2. The largest absolute Gasteiger partial charge is 0.394 e. The smallest absolute Gasteiger partial charge is 0.0633 e. The van der Waals surface area contributed by atoms with Crippen molar-refractivity contribution in [2.45, 2.75) is 19.0 Å². The van der Waals surface area contributed by atoms with Crippen molar-refractivity contribution in [3.8, 4) is 0 Å². The van der Waals surface area contributed by atoms with Gasteiger partial charge in [-0.1, -0.05) is 60.7 Å². The molecule has 0 atom stereocenters. The molecular weight excluding hydrogens is 322 g/mol. The van der Waals surface area contributed by atoms with Gasteiger partial charge in [-0.3, -0.25) is 0 Å². The van der Waals surface area contributed by atoms with Crippen LogP contribution in [0.5, 0.6) is 0 Å². The van der Waals surface area contributed by atoms with Crippen LogP contribution >= 0.6 is 0 Å². The first-order valence-corrected chi connectivity index (χ1v) is 8.94. The van der Waals surface area contributed by atoms with Crippen LogP contribution in [0.4, 0.5) is 0 Å². The first-order valence-electron chi connectivity index (χ1n) is 8.94. The predicted octanol–water partition coefficient (Wildman–Crippen LogP) is 3.98. The van der Waals surface area contributed by atoms with Crippen molar-refractivity contribution >= 4 is 32.3 Å². The highest BCUT2D eigenvalue weighted by atomic mass is 16.3. The van der Waals surface area contributed by atoms with Gasteiger partial charge >= 0.3 is 0 Å². The Labute approximate surface area is 152 Å². The molecule has 4 aromatic carbocycles. The third-order valence-corrected chi connectivity index (χ3v) is 5.27. The predicted molar refractivity (Wildman–Crippen MR) is 108 cm³/mol. The van der Waals surface area contributed by atoms with Gasteiger partial charge in [0.25, 0.3) is 0 Å². The fraction of sp³-hybridized carbons (Fsp3) is 0.217. The second-order valence-corrected chi connectivity index (χ2v) is 7.19. The number of rotatable bonds is 5. The topological polar surface area (TPSA) is 52.5 Å². The minimum atomic E-state index is -0.708. The van der Waals surface area contributed by atoms with E-state index in [0.29, 0.717) is 6.54 Å². The average molecular weight is 345 g/mol. The maximum absolute atomic E-state index is 9.61. The lowest BCUT2D eigenvalue weighted by Crippen LogP contribution is -2.48. The van der Waals surface area contributed by atoms with Crippen LogP contribution in [0.2, 0.25) is 0 Å². The summed E-state index contributed by atoms with van der Waals surface area (Å²) in [5, 5.41) is 29.9. The lowest BCUT2D eigenvalue weighted by Gasteiger charge is -2.27. The molecular formula is C23H23NO2. The summed E-state index contributed by atoms with van der Waals surface area (Å²) < 4.78 is 0. The van der Waals surface area contributed by atoms with E-state index in [4.69, 9.17) is 0 Å². The number of aliphatic hydroxyl groups is 2. The zero-order chi connectivity index (χ0) is 18.1. The normalized spacial score (nSPS) is 12.3. The van der Waals surface area contributed by atoms with Gasteiger partial charge in [0.1, 0.15) is 0 Å². The Morgan fingerprint density at radius 3 is 2.12 bits per heavy atom. The highest BCUT2D eigenvalue weighted by Gasteiger charge is 2.22. The summed E-state index contributed by atoms with van der Waals surface area (Å²) in [5.74, 6) is 0.